The van der Waals surface area contributed by atoms with Crippen LogP contribution in [0.4, 0.5) is 4.39 Å². The van der Waals surface area contributed by atoms with Gasteiger partial charge in [-0.15, -0.1) is 0 Å². The van der Waals surface area contributed by atoms with Crippen molar-refractivity contribution in [1.82, 2.24) is 4.90 Å². The standard InChI is InChI=1S/C26H26FNO5/c1-28(17-26(29)30)15-13-23(18-5-7-19(27)8-6-18)32-20-9-11-21(12-10-20)33-25-4-2-3-24-22(25)14-16-31-24/h2-12,23H,13-17H2,1H3,(H,29,30). The first kappa shape index (κ1) is 22.6. The maximum Gasteiger partial charge on any atom is 0.317 e. The largest absolute Gasteiger partial charge is 0.493 e. The first-order valence-electron chi connectivity index (χ1n) is 10.8. The van der Waals surface area contributed by atoms with Crippen LogP contribution in [0.3, 0.4) is 0 Å². The van der Waals surface area contributed by atoms with E-state index in [-0.39, 0.29) is 18.5 Å². The molecule has 1 heterocycles. The number of aliphatic carboxylic acids is 1. The average molecular weight is 451 g/mol. The van der Waals surface area contributed by atoms with Crippen LogP contribution < -0.4 is 14.2 Å². The summed E-state index contributed by atoms with van der Waals surface area (Å²) in [4.78, 5) is 12.7. The van der Waals surface area contributed by atoms with E-state index in [1.807, 2.05) is 42.5 Å². The third-order valence-corrected chi connectivity index (χ3v) is 5.45. The van der Waals surface area contributed by atoms with E-state index in [0.717, 1.165) is 29.0 Å². The highest BCUT2D eigenvalue weighted by Crippen LogP contribution is 2.36. The van der Waals surface area contributed by atoms with Crippen molar-refractivity contribution in [1.29, 1.82) is 0 Å². The fraction of sp³-hybridized carbons (Fsp3) is 0.269. The Bertz CT molecular complexity index is 1080. The number of carbonyl (C=O) groups is 1. The quantitative estimate of drug-likeness (QED) is 0.464. The summed E-state index contributed by atoms with van der Waals surface area (Å²) in [5.74, 6) is 1.76. The van der Waals surface area contributed by atoms with Crippen LogP contribution in [0.5, 0.6) is 23.0 Å². The summed E-state index contributed by atoms with van der Waals surface area (Å²) in [6.45, 7) is 1.11. The van der Waals surface area contributed by atoms with Crippen molar-refractivity contribution in [2.45, 2.75) is 18.9 Å². The summed E-state index contributed by atoms with van der Waals surface area (Å²) in [5, 5.41) is 8.98. The first-order valence-corrected chi connectivity index (χ1v) is 10.8. The van der Waals surface area contributed by atoms with E-state index in [2.05, 4.69) is 0 Å². The van der Waals surface area contributed by atoms with Gasteiger partial charge in [0.05, 0.1) is 13.2 Å². The molecule has 7 heteroatoms. The SMILES string of the molecule is CN(CCC(Oc1ccc(Oc2cccc3c2CCO3)cc1)c1ccc(F)cc1)CC(=O)O. The van der Waals surface area contributed by atoms with Crippen LogP contribution in [0, 0.1) is 5.82 Å². The van der Waals surface area contributed by atoms with Crippen LogP contribution in [-0.4, -0.2) is 42.7 Å². The highest BCUT2D eigenvalue weighted by atomic mass is 19.1. The van der Waals surface area contributed by atoms with E-state index in [0.29, 0.717) is 31.1 Å². The zero-order valence-electron chi connectivity index (χ0n) is 18.4. The Morgan fingerprint density at radius 2 is 1.82 bits per heavy atom. The molecule has 0 saturated heterocycles. The molecule has 3 aromatic carbocycles. The predicted molar refractivity (Wildman–Crippen MR) is 122 cm³/mol. The number of carboxylic acid groups (broad SMARTS) is 1. The minimum atomic E-state index is -0.886. The van der Waals surface area contributed by atoms with Crippen LogP contribution in [0.2, 0.25) is 0 Å². The van der Waals surface area contributed by atoms with Crippen molar-refractivity contribution in [3.8, 4) is 23.0 Å². The van der Waals surface area contributed by atoms with Gasteiger partial charge in [0.25, 0.3) is 0 Å². The number of benzene rings is 3. The van der Waals surface area contributed by atoms with Crippen molar-refractivity contribution in [2.24, 2.45) is 0 Å². The lowest BCUT2D eigenvalue weighted by Gasteiger charge is -2.22. The van der Waals surface area contributed by atoms with Gasteiger partial charge < -0.3 is 19.3 Å². The van der Waals surface area contributed by atoms with Gasteiger partial charge in [0, 0.05) is 24.9 Å². The minimum absolute atomic E-state index is 0.0591. The van der Waals surface area contributed by atoms with Gasteiger partial charge in [-0.05, 0) is 61.1 Å². The number of fused-ring (bicyclic) bond motifs is 1. The number of nitrogens with zero attached hydrogens (tertiary/aromatic N) is 1. The third kappa shape index (κ3) is 6.02. The molecular formula is C26H26FNO5. The minimum Gasteiger partial charge on any atom is -0.493 e. The predicted octanol–water partition coefficient (Wildman–Crippen LogP) is 5.08. The molecule has 0 bridgehead atoms. The molecule has 1 aliphatic rings. The molecule has 0 fully saturated rings. The summed E-state index contributed by atoms with van der Waals surface area (Å²) in [7, 11) is 1.74. The molecule has 33 heavy (non-hydrogen) atoms. The molecule has 0 radical (unpaired) electrons. The molecular weight excluding hydrogens is 425 g/mol. The number of hydrogen-bond acceptors (Lipinski definition) is 5. The van der Waals surface area contributed by atoms with Crippen molar-refractivity contribution in [2.75, 3.05) is 26.7 Å². The fourth-order valence-corrected chi connectivity index (χ4v) is 3.78. The van der Waals surface area contributed by atoms with E-state index < -0.39 is 5.97 Å². The second kappa shape index (κ2) is 10.4. The highest BCUT2D eigenvalue weighted by molar-refractivity contribution is 5.69. The van der Waals surface area contributed by atoms with Crippen LogP contribution in [0.1, 0.15) is 23.7 Å². The Kier molecular flexibility index (Phi) is 7.10. The van der Waals surface area contributed by atoms with Crippen molar-refractivity contribution in [3.05, 3.63) is 83.7 Å². The lowest BCUT2D eigenvalue weighted by Crippen LogP contribution is -2.28. The Morgan fingerprint density at radius 3 is 2.55 bits per heavy atom. The summed E-state index contributed by atoms with van der Waals surface area (Å²) in [6.07, 6.45) is 1.01. The van der Waals surface area contributed by atoms with E-state index >= 15 is 0 Å². The fourth-order valence-electron chi connectivity index (χ4n) is 3.78. The monoisotopic (exact) mass is 451 g/mol. The van der Waals surface area contributed by atoms with E-state index in [1.165, 1.54) is 12.1 Å². The summed E-state index contributed by atoms with van der Waals surface area (Å²) in [6, 6.07) is 19.3. The van der Waals surface area contributed by atoms with Crippen LogP contribution >= 0.6 is 0 Å². The molecule has 4 rings (SSSR count). The molecule has 6 nitrogen and oxygen atoms in total. The van der Waals surface area contributed by atoms with E-state index in [9.17, 15) is 9.18 Å². The number of rotatable bonds is 10. The zero-order valence-corrected chi connectivity index (χ0v) is 18.4. The Morgan fingerprint density at radius 1 is 1.09 bits per heavy atom. The van der Waals surface area contributed by atoms with Crippen molar-refractivity contribution in [3.63, 3.8) is 0 Å². The Balaban J connectivity index is 1.45. The first-order chi connectivity index (χ1) is 16.0. The Hall–Kier alpha value is -3.58. The maximum atomic E-state index is 13.4. The molecule has 0 aromatic heterocycles. The average Bonchev–Trinajstić information content (AvgIpc) is 3.28. The molecule has 1 unspecified atom stereocenters. The lowest BCUT2D eigenvalue weighted by atomic mass is 10.1. The number of ether oxygens (including phenoxy) is 3. The molecule has 1 atom stereocenters. The summed E-state index contributed by atoms with van der Waals surface area (Å²) < 4.78 is 31.3. The Labute approximate surface area is 192 Å². The van der Waals surface area contributed by atoms with Gasteiger partial charge in [-0.25, -0.2) is 4.39 Å². The summed E-state index contributed by atoms with van der Waals surface area (Å²) in [5.41, 5.74) is 1.89. The van der Waals surface area contributed by atoms with Crippen LogP contribution in [-0.2, 0) is 11.2 Å². The molecule has 0 spiro atoms. The van der Waals surface area contributed by atoms with Gasteiger partial charge in [-0.3, -0.25) is 9.69 Å². The smallest absolute Gasteiger partial charge is 0.317 e. The normalized spacial score (nSPS) is 13.3. The summed E-state index contributed by atoms with van der Waals surface area (Å²) >= 11 is 0. The van der Waals surface area contributed by atoms with Gasteiger partial charge in [0.2, 0.25) is 0 Å². The maximum absolute atomic E-state index is 13.4. The zero-order chi connectivity index (χ0) is 23.2. The van der Waals surface area contributed by atoms with Gasteiger partial charge in [-0.2, -0.15) is 0 Å². The number of hydrogen-bond donors (Lipinski definition) is 1. The van der Waals surface area contributed by atoms with Gasteiger partial charge in [0.15, 0.2) is 0 Å². The number of likely N-dealkylation sites (N-methyl/N-ethyl adjacent to an activating group) is 1. The second-order valence-electron chi connectivity index (χ2n) is 7.98. The number of carboxylic acids is 1. The number of halogens is 1. The topological polar surface area (TPSA) is 68.2 Å². The molecule has 1 N–H and O–H groups in total. The van der Waals surface area contributed by atoms with Gasteiger partial charge in [-0.1, -0.05) is 18.2 Å². The van der Waals surface area contributed by atoms with E-state index in [4.69, 9.17) is 19.3 Å². The molecule has 0 amide bonds. The van der Waals surface area contributed by atoms with Crippen molar-refractivity contribution < 1.29 is 28.5 Å². The molecule has 1 aliphatic heterocycles. The third-order valence-electron chi connectivity index (χ3n) is 5.45. The van der Waals surface area contributed by atoms with Crippen LogP contribution in [0.15, 0.2) is 66.7 Å². The van der Waals surface area contributed by atoms with Gasteiger partial charge in [0.1, 0.15) is 34.9 Å². The molecule has 3 aromatic rings. The lowest BCUT2D eigenvalue weighted by molar-refractivity contribution is -0.138. The van der Waals surface area contributed by atoms with E-state index in [1.54, 1.807) is 24.1 Å². The molecule has 0 saturated carbocycles. The highest BCUT2D eigenvalue weighted by Gasteiger charge is 2.18. The molecule has 0 aliphatic carbocycles. The van der Waals surface area contributed by atoms with Crippen molar-refractivity contribution >= 4 is 5.97 Å². The van der Waals surface area contributed by atoms with Crippen LogP contribution in [0.25, 0.3) is 0 Å². The second-order valence-corrected chi connectivity index (χ2v) is 7.98. The molecule has 172 valence electrons. The van der Waals surface area contributed by atoms with Gasteiger partial charge >= 0.3 is 5.97 Å².